The molecule has 2 nitrogen and oxygen atoms in total. The molecule has 0 spiro atoms. The fraction of sp³-hybridized carbons (Fsp3) is 0.133. The Morgan fingerprint density at radius 3 is 2.44 bits per heavy atom. The monoisotopic (exact) mass is 260 g/mol. The number of hydrogen-bond acceptors (Lipinski definition) is 1. The third-order valence-electron chi connectivity index (χ3n) is 3.00. The number of carbonyl (C=O) groups is 1. The molecule has 0 heterocycles. The van der Waals surface area contributed by atoms with Crippen LogP contribution in [0.25, 0.3) is 11.1 Å². The summed E-state index contributed by atoms with van der Waals surface area (Å²) in [7, 11) is 0. The molecule has 0 aliphatic heterocycles. The van der Waals surface area contributed by atoms with Gasteiger partial charge in [0.2, 0.25) is 0 Å². The largest absolute Gasteiger partial charge is 0.478 e. The van der Waals surface area contributed by atoms with E-state index in [1.165, 1.54) is 0 Å². The Balaban J connectivity index is 2.58. The fourth-order valence-electron chi connectivity index (χ4n) is 1.82. The van der Waals surface area contributed by atoms with Crippen LogP contribution in [0.5, 0.6) is 0 Å². The lowest BCUT2D eigenvalue weighted by Crippen LogP contribution is -1.96. The zero-order valence-electron chi connectivity index (χ0n) is 10.2. The van der Waals surface area contributed by atoms with E-state index in [0.717, 1.165) is 22.3 Å². The van der Waals surface area contributed by atoms with E-state index in [0.29, 0.717) is 5.02 Å². The highest BCUT2D eigenvalue weighted by Gasteiger charge is 2.09. The minimum atomic E-state index is -0.934. The van der Waals surface area contributed by atoms with Crippen LogP contribution >= 0.6 is 11.6 Å². The van der Waals surface area contributed by atoms with Crippen molar-refractivity contribution in [2.75, 3.05) is 0 Å². The van der Waals surface area contributed by atoms with Gasteiger partial charge in [0.15, 0.2) is 0 Å². The van der Waals surface area contributed by atoms with Gasteiger partial charge in [-0.15, -0.1) is 0 Å². The molecule has 3 heteroatoms. The molecular weight excluding hydrogens is 248 g/mol. The van der Waals surface area contributed by atoms with Crippen molar-refractivity contribution >= 4 is 17.6 Å². The summed E-state index contributed by atoms with van der Waals surface area (Å²) in [6, 6.07) is 10.7. The van der Waals surface area contributed by atoms with Crippen LogP contribution in [0.15, 0.2) is 36.4 Å². The number of halogens is 1. The van der Waals surface area contributed by atoms with Crippen molar-refractivity contribution in [2.24, 2.45) is 0 Å². The zero-order chi connectivity index (χ0) is 13.3. The van der Waals surface area contributed by atoms with Gasteiger partial charge in [0.25, 0.3) is 0 Å². The quantitative estimate of drug-likeness (QED) is 0.873. The van der Waals surface area contributed by atoms with Gasteiger partial charge >= 0.3 is 5.97 Å². The average molecular weight is 261 g/mol. The molecule has 0 unspecified atom stereocenters. The Morgan fingerprint density at radius 1 is 1.11 bits per heavy atom. The van der Waals surface area contributed by atoms with Crippen LogP contribution in [0, 0.1) is 13.8 Å². The fourth-order valence-corrected chi connectivity index (χ4v) is 2.15. The van der Waals surface area contributed by atoms with Gasteiger partial charge in [0.1, 0.15) is 0 Å². The highest BCUT2D eigenvalue weighted by Crippen LogP contribution is 2.31. The smallest absolute Gasteiger partial charge is 0.335 e. The number of benzene rings is 2. The molecule has 0 bridgehead atoms. The van der Waals surface area contributed by atoms with Gasteiger partial charge in [-0.05, 0) is 54.8 Å². The first-order valence-corrected chi connectivity index (χ1v) is 5.97. The summed E-state index contributed by atoms with van der Waals surface area (Å²) < 4.78 is 0. The predicted octanol–water partition coefficient (Wildman–Crippen LogP) is 4.32. The van der Waals surface area contributed by atoms with Gasteiger partial charge in [0.05, 0.1) is 5.56 Å². The van der Waals surface area contributed by atoms with Gasteiger partial charge < -0.3 is 5.11 Å². The second-order valence-corrected chi connectivity index (χ2v) is 4.71. The number of hydrogen-bond donors (Lipinski definition) is 1. The Kier molecular flexibility index (Phi) is 3.39. The van der Waals surface area contributed by atoms with Crippen LogP contribution in [-0.2, 0) is 0 Å². The van der Waals surface area contributed by atoms with Crippen molar-refractivity contribution in [3.8, 4) is 11.1 Å². The highest BCUT2D eigenvalue weighted by atomic mass is 35.5. The molecule has 2 rings (SSSR count). The van der Waals surface area contributed by atoms with Crippen molar-refractivity contribution in [3.05, 3.63) is 58.1 Å². The van der Waals surface area contributed by atoms with E-state index < -0.39 is 5.97 Å². The van der Waals surface area contributed by atoms with Crippen LogP contribution in [0.4, 0.5) is 0 Å². The van der Waals surface area contributed by atoms with Crippen LogP contribution in [-0.4, -0.2) is 11.1 Å². The van der Waals surface area contributed by atoms with E-state index in [9.17, 15) is 4.79 Å². The van der Waals surface area contributed by atoms with Crippen LogP contribution in [0.3, 0.4) is 0 Å². The summed E-state index contributed by atoms with van der Waals surface area (Å²) in [5, 5.41) is 9.63. The standard InChI is InChI=1S/C15H13ClO2/c1-9-6-13(14(16)7-10(9)2)11-4-3-5-12(8-11)15(17)18/h3-8H,1-2H3,(H,17,18). The molecule has 0 aliphatic rings. The van der Waals surface area contributed by atoms with E-state index in [1.54, 1.807) is 18.2 Å². The molecule has 0 amide bonds. The van der Waals surface area contributed by atoms with Crippen molar-refractivity contribution < 1.29 is 9.90 Å². The summed E-state index contributed by atoms with van der Waals surface area (Å²) in [5.41, 5.74) is 4.21. The first-order chi connectivity index (χ1) is 8.49. The minimum absolute atomic E-state index is 0.266. The molecule has 92 valence electrons. The zero-order valence-corrected chi connectivity index (χ0v) is 11.0. The van der Waals surface area contributed by atoms with Crippen molar-refractivity contribution in [1.29, 1.82) is 0 Å². The van der Waals surface area contributed by atoms with Gasteiger partial charge in [-0.1, -0.05) is 23.7 Å². The van der Waals surface area contributed by atoms with Gasteiger partial charge in [-0.2, -0.15) is 0 Å². The summed E-state index contributed by atoms with van der Waals surface area (Å²) in [6.07, 6.45) is 0. The van der Waals surface area contributed by atoms with E-state index in [2.05, 4.69) is 0 Å². The molecule has 0 atom stereocenters. The summed E-state index contributed by atoms with van der Waals surface area (Å²) in [4.78, 5) is 11.0. The number of rotatable bonds is 2. The Labute approximate surface area is 111 Å². The van der Waals surface area contributed by atoms with Crippen LogP contribution < -0.4 is 0 Å². The molecular formula is C15H13ClO2. The molecule has 0 aromatic heterocycles. The number of carboxylic acid groups (broad SMARTS) is 1. The van der Waals surface area contributed by atoms with Gasteiger partial charge in [-0.3, -0.25) is 0 Å². The Morgan fingerprint density at radius 2 is 1.78 bits per heavy atom. The topological polar surface area (TPSA) is 37.3 Å². The van der Waals surface area contributed by atoms with E-state index in [-0.39, 0.29) is 5.56 Å². The molecule has 2 aromatic carbocycles. The Hall–Kier alpha value is -1.80. The average Bonchev–Trinajstić information content (AvgIpc) is 2.34. The molecule has 0 radical (unpaired) electrons. The first kappa shape index (κ1) is 12.7. The molecule has 2 aromatic rings. The minimum Gasteiger partial charge on any atom is -0.478 e. The maximum atomic E-state index is 11.0. The second kappa shape index (κ2) is 4.83. The molecule has 0 saturated carbocycles. The molecule has 0 saturated heterocycles. The molecule has 0 aliphatic carbocycles. The number of aryl methyl sites for hydroxylation is 2. The van der Waals surface area contributed by atoms with E-state index >= 15 is 0 Å². The lowest BCUT2D eigenvalue weighted by molar-refractivity contribution is 0.0697. The lowest BCUT2D eigenvalue weighted by atomic mass is 9.99. The second-order valence-electron chi connectivity index (χ2n) is 4.30. The maximum absolute atomic E-state index is 11.0. The molecule has 0 fully saturated rings. The summed E-state index contributed by atoms with van der Waals surface area (Å²) in [5.74, 6) is -0.934. The summed E-state index contributed by atoms with van der Waals surface area (Å²) in [6.45, 7) is 4.01. The first-order valence-electron chi connectivity index (χ1n) is 5.59. The van der Waals surface area contributed by atoms with Crippen molar-refractivity contribution in [3.63, 3.8) is 0 Å². The Bertz CT molecular complexity index is 618. The van der Waals surface area contributed by atoms with Crippen LogP contribution in [0.1, 0.15) is 21.5 Å². The number of carboxylic acids is 1. The van der Waals surface area contributed by atoms with Gasteiger partial charge in [0, 0.05) is 10.6 Å². The van der Waals surface area contributed by atoms with Crippen molar-refractivity contribution in [2.45, 2.75) is 13.8 Å². The maximum Gasteiger partial charge on any atom is 0.335 e. The molecule has 18 heavy (non-hydrogen) atoms. The summed E-state index contributed by atoms with van der Waals surface area (Å²) >= 11 is 6.22. The third-order valence-corrected chi connectivity index (χ3v) is 3.32. The normalized spacial score (nSPS) is 10.4. The lowest BCUT2D eigenvalue weighted by Gasteiger charge is -2.09. The molecule has 1 N–H and O–H groups in total. The SMILES string of the molecule is Cc1cc(Cl)c(-c2cccc(C(=O)O)c2)cc1C. The highest BCUT2D eigenvalue weighted by molar-refractivity contribution is 6.33. The van der Waals surface area contributed by atoms with Crippen LogP contribution in [0.2, 0.25) is 5.02 Å². The number of aromatic carboxylic acids is 1. The van der Waals surface area contributed by atoms with E-state index in [4.69, 9.17) is 16.7 Å². The van der Waals surface area contributed by atoms with Gasteiger partial charge in [-0.25, -0.2) is 4.79 Å². The predicted molar refractivity (Wildman–Crippen MR) is 73.3 cm³/mol. The van der Waals surface area contributed by atoms with E-state index in [1.807, 2.05) is 32.0 Å². The third kappa shape index (κ3) is 2.39. The van der Waals surface area contributed by atoms with Crippen molar-refractivity contribution in [1.82, 2.24) is 0 Å².